The van der Waals surface area contributed by atoms with Crippen LogP contribution in [0.3, 0.4) is 0 Å². The van der Waals surface area contributed by atoms with E-state index in [1.54, 1.807) is 0 Å². The van der Waals surface area contributed by atoms with Crippen molar-refractivity contribution in [3.63, 3.8) is 0 Å². The lowest BCUT2D eigenvalue weighted by molar-refractivity contribution is 0.0699. The molecule has 2 fully saturated rings. The van der Waals surface area contributed by atoms with Crippen LogP contribution < -0.4 is 10.2 Å². The van der Waals surface area contributed by atoms with E-state index in [-0.39, 0.29) is 6.10 Å². The van der Waals surface area contributed by atoms with Crippen LogP contribution in [0.25, 0.3) is 16.6 Å². The number of piperazine rings is 1. The van der Waals surface area contributed by atoms with Gasteiger partial charge in [0.05, 0.1) is 11.6 Å². The maximum Gasteiger partial charge on any atom is 0.340 e. The number of aliphatic hydroxyl groups is 1. The van der Waals surface area contributed by atoms with Crippen LogP contribution in [0.2, 0.25) is 0 Å². The molecule has 2 aliphatic rings. The number of benzene rings is 2. The lowest BCUT2D eigenvalue weighted by Gasteiger charge is -2.35. The predicted molar refractivity (Wildman–Crippen MR) is 128 cm³/mol. The molecule has 0 radical (unpaired) electrons. The summed E-state index contributed by atoms with van der Waals surface area (Å²) in [6.45, 7) is 5.47. The Morgan fingerprint density at radius 3 is 2.16 bits per heavy atom. The maximum atomic E-state index is 12.1. The van der Waals surface area contributed by atoms with Gasteiger partial charge in [0.25, 0.3) is 0 Å². The van der Waals surface area contributed by atoms with Crippen LogP contribution in [0.1, 0.15) is 23.2 Å². The summed E-state index contributed by atoms with van der Waals surface area (Å²) in [5.74, 6) is -0.0900. The molecule has 0 saturated carbocycles. The number of carboxylic acids is 1. The zero-order chi connectivity index (χ0) is 22.5. The molecule has 0 aliphatic carbocycles. The number of hydrogen-bond acceptors (Lipinski definition) is 5. The molecule has 170 valence electrons. The Labute approximate surface area is 188 Å². The van der Waals surface area contributed by atoms with Crippen molar-refractivity contribution in [2.75, 3.05) is 51.2 Å². The van der Waals surface area contributed by atoms with E-state index in [0.29, 0.717) is 5.56 Å². The lowest BCUT2D eigenvalue weighted by Crippen LogP contribution is -2.45. The Bertz CT molecular complexity index is 1040. The van der Waals surface area contributed by atoms with Crippen LogP contribution in [-0.4, -0.2) is 78.1 Å². The second kappa shape index (κ2) is 10.2. The summed E-state index contributed by atoms with van der Waals surface area (Å²) in [4.78, 5) is 16.6. The zero-order valence-corrected chi connectivity index (χ0v) is 18.6. The SMILES string of the molecule is CN1CCN(c2c(C(=O)O)c3ccccc3n2-c2ccccc2)CC1.OC1CCNCC1. The smallest absolute Gasteiger partial charge is 0.340 e. The highest BCUT2D eigenvalue weighted by Crippen LogP contribution is 2.36. The number of aromatic carboxylic acids is 1. The van der Waals surface area contributed by atoms with Gasteiger partial charge < -0.3 is 25.3 Å². The van der Waals surface area contributed by atoms with Crippen LogP contribution in [0.5, 0.6) is 0 Å². The summed E-state index contributed by atoms with van der Waals surface area (Å²) in [5.41, 5.74) is 2.31. The number of para-hydroxylation sites is 2. The normalized spacial score (nSPS) is 17.8. The highest BCUT2D eigenvalue weighted by Gasteiger charge is 2.28. The van der Waals surface area contributed by atoms with E-state index in [4.69, 9.17) is 5.11 Å². The predicted octanol–water partition coefficient (Wildman–Crippen LogP) is 2.81. The van der Waals surface area contributed by atoms with Crippen molar-refractivity contribution in [2.45, 2.75) is 18.9 Å². The van der Waals surface area contributed by atoms with Crippen molar-refractivity contribution in [2.24, 2.45) is 0 Å². The van der Waals surface area contributed by atoms with Gasteiger partial charge in [-0.25, -0.2) is 4.79 Å². The minimum atomic E-state index is -0.875. The number of nitrogens with one attached hydrogen (secondary N) is 1. The van der Waals surface area contributed by atoms with Gasteiger partial charge in [0.15, 0.2) is 0 Å². The Morgan fingerprint density at radius 2 is 1.56 bits per heavy atom. The van der Waals surface area contributed by atoms with Crippen molar-refractivity contribution in [1.82, 2.24) is 14.8 Å². The van der Waals surface area contributed by atoms with E-state index in [9.17, 15) is 9.90 Å². The minimum Gasteiger partial charge on any atom is -0.478 e. The number of piperidine rings is 1. The number of nitrogens with zero attached hydrogens (tertiary/aromatic N) is 3. The number of rotatable bonds is 3. The first-order valence-electron chi connectivity index (χ1n) is 11.3. The van der Waals surface area contributed by atoms with Crippen molar-refractivity contribution in [1.29, 1.82) is 0 Å². The zero-order valence-electron chi connectivity index (χ0n) is 18.6. The molecule has 7 heteroatoms. The van der Waals surface area contributed by atoms with Crippen molar-refractivity contribution in [3.8, 4) is 5.69 Å². The van der Waals surface area contributed by atoms with Crippen molar-refractivity contribution >= 4 is 22.7 Å². The number of aliphatic hydroxyl groups excluding tert-OH is 1. The summed E-state index contributed by atoms with van der Waals surface area (Å²) in [6.07, 6.45) is 1.83. The quantitative estimate of drug-likeness (QED) is 0.586. The molecule has 3 N–H and O–H groups in total. The molecular formula is C25H32N4O3. The number of carbonyl (C=O) groups is 1. The number of fused-ring (bicyclic) bond motifs is 1. The fourth-order valence-corrected chi connectivity index (χ4v) is 4.40. The van der Waals surface area contributed by atoms with Gasteiger partial charge in [0.2, 0.25) is 0 Å². The average molecular weight is 437 g/mol. The van der Waals surface area contributed by atoms with Crippen LogP contribution in [0, 0.1) is 0 Å². The Kier molecular flexibility index (Phi) is 7.09. The van der Waals surface area contributed by atoms with Crippen molar-refractivity contribution < 1.29 is 15.0 Å². The molecule has 1 aromatic heterocycles. The van der Waals surface area contributed by atoms with Gasteiger partial charge in [-0.05, 0) is 51.2 Å². The molecule has 3 aromatic rings. The van der Waals surface area contributed by atoms with Crippen LogP contribution in [0.15, 0.2) is 54.6 Å². The molecule has 2 aliphatic heterocycles. The molecule has 0 unspecified atom stereocenters. The van der Waals surface area contributed by atoms with E-state index in [1.807, 2.05) is 54.6 Å². The highest BCUT2D eigenvalue weighted by molar-refractivity contribution is 6.10. The molecule has 3 heterocycles. The molecule has 2 saturated heterocycles. The third-order valence-electron chi connectivity index (χ3n) is 6.19. The van der Waals surface area contributed by atoms with E-state index in [1.165, 1.54) is 0 Å². The fourth-order valence-electron chi connectivity index (χ4n) is 4.40. The molecule has 5 rings (SSSR count). The molecule has 0 atom stereocenters. The monoisotopic (exact) mass is 436 g/mol. The second-order valence-corrected chi connectivity index (χ2v) is 8.46. The molecular weight excluding hydrogens is 404 g/mol. The van der Waals surface area contributed by atoms with E-state index in [0.717, 1.165) is 74.5 Å². The summed E-state index contributed by atoms with van der Waals surface area (Å²) in [6, 6.07) is 17.7. The molecule has 7 nitrogen and oxygen atoms in total. The van der Waals surface area contributed by atoms with Gasteiger partial charge in [-0.1, -0.05) is 36.4 Å². The highest BCUT2D eigenvalue weighted by atomic mass is 16.4. The number of carboxylic acid groups (broad SMARTS) is 1. The van der Waals surface area contributed by atoms with Crippen LogP contribution in [0.4, 0.5) is 5.82 Å². The average Bonchev–Trinajstić information content (AvgIpc) is 3.16. The molecule has 2 aromatic carbocycles. The third kappa shape index (κ3) is 4.80. The first kappa shape index (κ1) is 22.3. The minimum absolute atomic E-state index is 0.0266. The summed E-state index contributed by atoms with van der Waals surface area (Å²) in [5, 5.41) is 22.8. The van der Waals surface area contributed by atoms with Gasteiger partial charge in [0, 0.05) is 37.3 Å². The standard InChI is InChI=1S/C20H21N3O2.C5H11NO/c1-21-11-13-22(14-12-21)19-18(20(24)25)16-9-5-6-10-17(16)23(19)15-7-3-2-4-8-15;7-5-1-3-6-4-2-5/h2-10H,11-14H2,1H3,(H,24,25);5-7H,1-4H2. The van der Waals surface area contributed by atoms with Crippen LogP contribution in [-0.2, 0) is 0 Å². The first-order chi connectivity index (χ1) is 15.6. The number of hydrogen-bond donors (Lipinski definition) is 3. The topological polar surface area (TPSA) is 81.0 Å². The van der Waals surface area contributed by atoms with Gasteiger partial charge in [-0.3, -0.25) is 4.57 Å². The summed E-state index contributed by atoms with van der Waals surface area (Å²) >= 11 is 0. The summed E-state index contributed by atoms with van der Waals surface area (Å²) in [7, 11) is 2.10. The van der Waals surface area contributed by atoms with Crippen LogP contribution >= 0.6 is 0 Å². The number of anilines is 1. The summed E-state index contributed by atoms with van der Waals surface area (Å²) < 4.78 is 2.09. The molecule has 0 bridgehead atoms. The lowest BCUT2D eigenvalue weighted by atomic mass is 10.1. The van der Waals surface area contributed by atoms with E-state index < -0.39 is 5.97 Å². The van der Waals surface area contributed by atoms with Gasteiger partial charge >= 0.3 is 5.97 Å². The largest absolute Gasteiger partial charge is 0.478 e. The van der Waals surface area contributed by atoms with Gasteiger partial charge in [-0.2, -0.15) is 0 Å². The Balaban J connectivity index is 0.000000300. The second-order valence-electron chi connectivity index (χ2n) is 8.46. The fraction of sp³-hybridized carbons (Fsp3) is 0.400. The Hall–Kier alpha value is -2.87. The van der Waals surface area contributed by atoms with E-state index in [2.05, 4.69) is 26.7 Å². The maximum absolute atomic E-state index is 12.1. The van der Waals surface area contributed by atoms with Gasteiger partial charge in [0.1, 0.15) is 11.4 Å². The number of aromatic nitrogens is 1. The molecule has 0 spiro atoms. The number of likely N-dealkylation sites (N-methyl/N-ethyl adjacent to an activating group) is 1. The third-order valence-corrected chi connectivity index (χ3v) is 6.19. The Morgan fingerprint density at radius 1 is 0.938 bits per heavy atom. The first-order valence-corrected chi connectivity index (χ1v) is 11.3. The van der Waals surface area contributed by atoms with Gasteiger partial charge in [-0.15, -0.1) is 0 Å². The van der Waals surface area contributed by atoms with E-state index >= 15 is 0 Å². The van der Waals surface area contributed by atoms with Crippen molar-refractivity contribution in [3.05, 3.63) is 60.2 Å². The molecule has 32 heavy (non-hydrogen) atoms. The molecule has 0 amide bonds.